The molecule has 2 aromatic rings. The normalized spacial score (nSPS) is 26.9. The number of hydrogen-bond donors (Lipinski definition) is 1. The molecule has 3 aliphatic rings. The maximum atomic E-state index is 12.6. The third kappa shape index (κ3) is 3.71. The maximum absolute atomic E-state index is 12.6. The molecule has 0 aliphatic carbocycles. The van der Waals surface area contributed by atoms with Crippen LogP contribution in [0.4, 0.5) is 13.2 Å². The Morgan fingerprint density at radius 3 is 2.50 bits per heavy atom. The van der Waals surface area contributed by atoms with Crippen LogP contribution in [0.3, 0.4) is 0 Å². The van der Waals surface area contributed by atoms with Gasteiger partial charge in [0.1, 0.15) is 11.9 Å². The summed E-state index contributed by atoms with van der Waals surface area (Å²) in [7, 11) is 0. The molecule has 2 atom stereocenters. The molecular weight excluding hydrogens is 375 g/mol. The van der Waals surface area contributed by atoms with Crippen molar-refractivity contribution in [2.24, 2.45) is 5.92 Å². The van der Waals surface area contributed by atoms with E-state index in [1.54, 1.807) is 12.1 Å². The molecule has 2 bridgehead atoms. The number of halogens is 3. The lowest BCUT2D eigenvalue weighted by atomic mass is 9.79. The van der Waals surface area contributed by atoms with E-state index < -0.39 is 12.1 Å². The van der Waals surface area contributed by atoms with E-state index in [0.717, 1.165) is 32.1 Å². The molecule has 1 aromatic carbocycles. The largest absolute Gasteiger partial charge is 0.469 e. The van der Waals surface area contributed by atoms with Crippen LogP contribution in [0.15, 0.2) is 34.9 Å². The molecule has 3 saturated heterocycles. The van der Waals surface area contributed by atoms with Crippen LogP contribution in [0, 0.1) is 5.92 Å². The van der Waals surface area contributed by atoms with Gasteiger partial charge in [-0.05, 0) is 63.0 Å². The summed E-state index contributed by atoms with van der Waals surface area (Å²) in [5, 5.41) is 3.13. The van der Waals surface area contributed by atoms with E-state index in [2.05, 4.69) is 26.5 Å². The summed E-state index contributed by atoms with van der Waals surface area (Å²) in [5.41, 5.74) is 0.463. The lowest BCUT2D eigenvalue weighted by Gasteiger charge is -2.49. The minimum Gasteiger partial charge on any atom is -0.425 e. The predicted molar refractivity (Wildman–Crippen MR) is 93.0 cm³/mol. The molecule has 5 rings (SSSR count). The van der Waals surface area contributed by atoms with Gasteiger partial charge >= 0.3 is 18.0 Å². The minimum atomic E-state index is -4.67. The molecule has 28 heavy (non-hydrogen) atoms. The smallest absolute Gasteiger partial charge is 0.425 e. The SMILES string of the molecule is CC1C(NC(=O)c2ccc(Oc3cnc(C(F)(F)F)o3)cc2)C2CCN1CC2. The molecule has 2 unspecified atom stereocenters. The first-order chi connectivity index (χ1) is 13.3. The number of piperidine rings is 3. The van der Waals surface area contributed by atoms with Crippen molar-refractivity contribution in [3.8, 4) is 11.7 Å². The van der Waals surface area contributed by atoms with Crippen LogP contribution in [0.2, 0.25) is 0 Å². The fourth-order valence-electron chi connectivity index (χ4n) is 4.01. The Morgan fingerprint density at radius 2 is 1.93 bits per heavy atom. The van der Waals surface area contributed by atoms with Crippen LogP contribution in [-0.4, -0.2) is 41.0 Å². The molecule has 6 nitrogen and oxygen atoms in total. The zero-order valence-corrected chi connectivity index (χ0v) is 15.2. The van der Waals surface area contributed by atoms with Crippen molar-refractivity contribution in [1.82, 2.24) is 15.2 Å². The number of alkyl halides is 3. The van der Waals surface area contributed by atoms with Crippen molar-refractivity contribution in [3.05, 3.63) is 41.9 Å². The highest BCUT2D eigenvalue weighted by atomic mass is 19.4. The molecule has 0 radical (unpaired) electrons. The second-order valence-electron chi connectivity index (χ2n) is 7.22. The number of carbonyl (C=O) groups is 1. The van der Waals surface area contributed by atoms with Gasteiger partial charge in [-0.2, -0.15) is 13.2 Å². The Labute approximate surface area is 159 Å². The molecule has 1 aromatic heterocycles. The summed E-state index contributed by atoms with van der Waals surface area (Å²) < 4.78 is 47.3. The van der Waals surface area contributed by atoms with Crippen LogP contribution in [0.25, 0.3) is 0 Å². The van der Waals surface area contributed by atoms with Gasteiger partial charge in [-0.25, -0.2) is 4.98 Å². The van der Waals surface area contributed by atoms with Crippen LogP contribution in [0.1, 0.15) is 36.0 Å². The van der Waals surface area contributed by atoms with E-state index in [9.17, 15) is 18.0 Å². The standard InChI is InChI=1S/C19H20F3N3O3/c1-11-16(12-6-8-25(11)9-7-12)24-17(26)13-2-4-14(5-3-13)27-15-10-23-18(28-15)19(20,21)22/h2-5,10-12,16H,6-9H2,1H3,(H,24,26). The first kappa shape index (κ1) is 18.8. The number of nitrogens with one attached hydrogen (secondary N) is 1. The molecule has 0 saturated carbocycles. The fourth-order valence-corrected chi connectivity index (χ4v) is 4.01. The summed E-state index contributed by atoms with van der Waals surface area (Å²) >= 11 is 0. The minimum absolute atomic E-state index is 0.126. The number of hydrogen-bond acceptors (Lipinski definition) is 5. The second-order valence-corrected chi connectivity index (χ2v) is 7.22. The third-order valence-electron chi connectivity index (χ3n) is 5.54. The molecule has 3 aliphatic heterocycles. The fraction of sp³-hybridized carbons (Fsp3) is 0.474. The topological polar surface area (TPSA) is 67.6 Å². The van der Waals surface area contributed by atoms with E-state index >= 15 is 0 Å². The van der Waals surface area contributed by atoms with Gasteiger partial charge in [0, 0.05) is 17.6 Å². The highest BCUT2D eigenvalue weighted by Crippen LogP contribution is 2.33. The Bertz CT molecular complexity index is 840. The lowest BCUT2D eigenvalue weighted by molar-refractivity contribution is -0.157. The summed E-state index contributed by atoms with van der Waals surface area (Å²) in [6.07, 6.45) is -1.62. The van der Waals surface area contributed by atoms with Gasteiger partial charge in [-0.1, -0.05) is 0 Å². The Hall–Kier alpha value is -2.55. The zero-order chi connectivity index (χ0) is 19.9. The Kier molecular flexibility index (Phi) is 4.78. The average molecular weight is 395 g/mol. The highest BCUT2D eigenvalue weighted by molar-refractivity contribution is 5.94. The quantitative estimate of drug-likeness (QED) is 0.855. The van der Waals surface area contributed by atoms with E-state index in [1.807, 2.05) is 0 Å². The molecule has 0 spiro atoms. The van der Waals surface area contributed by atoms with E-state index in [0.29, 0.717) is 17.5 Å². The maximum Gasteiger partial charge on any atom is 0.469 e. The number of amides is 1. The Balaban J connectivity index is 1.39. The van der Waals surface area contributed by atoms with Gasteiger partial charge < -0.3 is 14.5 Å². The number of ether oxygens (including phenoxy) is 1. The van der Waals surface area contributed by atoms with Gasteiger partial charge in [0.05, 0.1) is 0 Å². The monoisotopic (exact) mass is 395 g/mol. The number of fused-ring (bicyclic) bond motifs is 3. The predicted octanol–water partition coefficient (Wildman–Crippen LogP) is 3.70. The zero-order valence-electron chi connectivity index (χ0n) is 15.2. The van der Waals surface area contributed by atoms with Crippen molar-refractivity contribution in [3.63, 3.8) is 0 Å². The molecule has 9 heteroatoms. The highest BCUT2D eigenvalue weighted by Gasteiger charge is 2.40. The first-order valence-electron chi connectivity index (χ1n) is 9.17. The number of nitrogens with zero attached hydrogens (tertiary/aromatic N) is 2. The number of aromatic nitrogens is 1. The van der Waals surface area contributed by atoms with Crippen LogP contribution >= 0.6 is 0 Å². The van der Waals surface area contributed by atoms with E-state index in [-0.39, 0.29) is 23.6 Å². The van der Waals surface area contributed by atoms with Crippen molar-refractivity contribution in [2.45, 2.75) is 38.0 Å². The van der Waals surface area contributed by atoms with Gasteiger partial charge in [0.2, 0.25) is 0 Å². The summed E-state index contributed by atoms with van der Waals surface area (Å²) in [5.74, 6) is -1.16. The molecule has 4 heterocycles. The van der Waals surface area contributed by atoms with Crippen molar-refractivity contribution in [1.29, 1.82) is 0 Å². The van der Waals surface area contributed by atoms with Crippen LogP contribution < -0.4 is 10.1 Å². The molecule has 3 fully saturated rings. The van der Waals surface area contributed by atoms with Gasteiger partial charge in [-0.15, -0.1) is 0 Å². The van der Waals surface area contributed by atoms with Gasteiger partial charge in [-0.3, -0.25) is 9.69 Å². The first-order valence-corrected chi connectivity index (χ1v) is 9.17. The number of carbonyl (C=O) groups excluding carboxylic acids is 1. The molecular formula is C19H20F3N3O3. The lowest BCUT2D eigenvalue weighted by Crippen LogP contribution is -2.62. The number of rotatable bonds is 4. The van der Waals surface area contributed by atoms with Crippen molar-refractivity contribution >= 4 is 5.91 Å². The summed E-state index contributed by atoms with van der Waals surface area (Å²) in [4.78, 5) is 18.1. The van der Waals surface area contributed by atoms with Crippen LogP contribution in [0.5, 0.6) is 11.7 Å². The summed E-state index contributed by atoms with van der Waals surface area (Å²) in [6.45, 7) is 4.31. The van der Waals surface area contributed by atoms with Crippen molar-refractivity contribution < 1.29 is 27.1 Å². The molecule has 1 amide bonds. The van der Waals surface area contributed by atoms with E-state index in [4.69, 9.17) is 4.74 Å². The second kappa shape index (κ2) is 7.12. The third-order valence-corrected chi connectivity index (χ3v) is 5.54. The summed E-state index contributed by atoms with van der Waals surface area (Å²) in [6, 6.07) is 6.58. The number of benzene rings is 1. The molecule has 150 valence electrons. The van der Waals surface area contributed by atoms with E-state index in [1.165, 1.54) is 12.1 Å². The molecule has 1 N–H and O–H groups in total. The van der Waals surface area contributed by atoms with Gasteiger partial charge in [0.25, 0.3) is 5.91 Å². The van der Waals surface area contributed by atoms with Crippen LogP contribution in [-0.2, 0) is 6.18 Å². The van der Waals surface area contributed by atoms with Gasteiger partial charge in [0.15, 0.2) is 0 Å². The average Bonchev–Trinajstić information content (AvgIpc) is 3.14. The van der Waals surface area contributed by atoms with Crippen molar-refractivity contribution in [2.75, 3.05) is 13.1 Å². The Morgan fingerprint density at radius 1 is 1.25 bits per heavy atom. The number of oxazole rings is 1.